The maximum atomic E-state index is 13.5. The largest absolute Gasteiger partial charge is 0.311 e. The lowest BCUT2D eigenvalue weighted by Gasteiger charge is -2.42. The van der Waals surface area contributed by atoms with Crippen molar-refractivity contribution in [2.75, 3.05) is 32.9 Å². The molecular weight excluding hydrogens is 398 g/mol. The fourth-order valence-electron chi connectivity index (χ4n) is 4.98. The Bertz CT molecular complexity index is 1090. The molecule has 2 atom stereocenters. The van der Waals surface area contributed by atoms with Crippen LogP contribution in [0.1, 0.15) is 36.9 Å². The molecule has 3 heterocycles. The molecular formula is C23H31N3O3S. The summed E-state index contributed by atoms with van der Waals surface area (Å²) < 4.78 is 28.8. The summed E-state index contributed by atoms with van der Waals surface area (Å²) in [5.41, 5.74) is 3.86. The van der Waals surface area contributed by atoms with Gasteiger partial charge in [0.1, 0.15) is 0 Å². The zero-order valence-electron chi connectivity index (χ0n) is 18.0. The fourth-order valence-corrected chi connectivity index (χ4v) is 6.60. The van der Waals surface area contributed by atoms with Crippen molar-refractivity contribution in [3.63, 3.8) is 0 Å². The van der Waals surface area contributed by atoms with Gasteiger partial charge in [0, 0.05) is 43.4 Å². The van der Waals surface area contributed by atoms with E-state index in [2.05, 4.69) is 11.0 Å². The van der Waals surface area contributed by atoms with Gasteiger partial charge in [-0.1, -0.05) is 31.2 Å². The number of rotatable bonds is 6. The minimum absolute atomic E-state index is 0.0401. The molecule has 0 aliphatic carbocycles. The number of hydrogen-bond donors (Lipinski definition) is 0. The molecule has 1 aromatic heterocycles. The van der Waals surface area contributed by atoms with E-state index in [4.69, 9.17) is 0 Å². The Morgan fingerprint density at radius 2 is 1.80 bits per heavy atom. The number of piperidine rings is 1. The second kappa shape index (κ2) is 8.29. The van der Waals surface area contributed by atoms with E-state index in [0.29, 0.717) is 26.1 Å². The summed E-state index contributed by atoms with van der Waals surface area (Å²) in [5, 5.41) is 0. The smallest absolute Gasteiger partial charge is 0.258 e. The Balaban J connectivity index is 1.71. The van der Waals surface area contributed by atoms with Crippen LogP contribution in [0.2, 0.25) is 0 Å². The summed E-state index contributed by atoms with van der Waals surface area (Å²) in [5.74, 6) is 0.469. The summed E-state index contributed by atoms with van der Waals surface area (Å²) in [4.78, 5) is 15.6. The predicted molar refractivity (Wildman–Crippen MR) is 120 cm³/mol. The summed E-state index contributed by atoms with van der Waals surface area (Å²) in [6.07, 6.45) is 1.58. The first-order valence-electron chi connectivity index (χ1n) is 10.7. The minimum atomic E-state index is -3.22. The van der Waals surface area contributed by atoms with E-state index in [1.807, 2.05) is 55.9 Å². The third-order valence-corrected chi connectivity index (χ3v) is 8.23. The maximum absolute atomic E-state index is 13.5. The summed E-state index contributed by atoms with van der Waals surface area (Å²) >= 11 is 0. The van der Waals surface area contributed by atoms with Crippen molar-refractivity contribution < 1.29 is 8.42 Å². The lowest BCUT2D eigenvalue weighted by Crippen LogP contribution is -2.49. The van der Waals surface area contributed by atoms with Gasteiger partial charge in [0.25, 0.3) is 5.56 Å². The Labute approximate surface area is 179 Å². The van der Waals surface area contributed by atoms with Gasteiger partial charge in [-0.3, -0.25) is 4.79 Å². The van der Waals surface area contributed by atoms with Crippen LogP contribution in [0.15, 0.2) is 41.2 Å². The molecule has 6 nitrogen and oxygen atoms in total. The molecule has 30 heavy (non-hydrogen) atoms. The molecule has 1 aromatic carbocycles. The van der Waals surface area contributed by atoms with Gasteiger partial charge in [0.2, 0.25) is 10.0 Å². The lowest BCUT2D eigenvalue weighted by atomic mass is 9.83. The van der Waals surface area contributed by atoms with Gasteiger partial charge in [0.05, 0.1) is 5.75 Å². The number of fused-ring (bicyclic) bond motifs is 4. The molecule has 2 aromatic rings. The van der Waals surface area contributed by atoms with Crippen LogP contribution >= 0.6 is 0 Å². The average Bonchev–Trinajstić information content (AvgIpc) is 2.69. The Kier molecular flexibility index (Phi) is 5.88. The SMILES string of the molecule is CCCS(=O)(=O)N1C[C@H]2C[C@H](C1)c1ccc(-c3ccccc3CN(C)C)c(=O)n1C2. The van der Waals surface area contributed by atoms with Crippen molar-refractivity contribution in [1.82, 2.24) is 13.8 Å². The van der Waals surface area contributed by atoms with Crippen LogP contribution in [0.25, 0.3) is 11.1 Å². The number of benzene rings is 1. The molecule has 2 aliphatic heterocycles. The van der Waals surface area contributed by atoms with Crippen LogP contribution in [-0.2, 0) is 23.1 Å². The molecule has 1 fully saturated rings. The van der Waals surface area contributed by atoms with Gasteiger partial charge in [0.15, 0.2) is 0 Å². The van der Waals surface area contributed by atoms with Crippen molar-refractivity contribution in [2.24, 2.45) is 5.92 Å². The minimum Gasteiger partial charge on any atom is -0.311 e. The van der Waals surface area contributed by atoms with Gasteiger partial charge in [-0.05, 0) is 56.1 Å². The summed E-state index contributed by atoms with van der Waals surface area (Å²) in [6, 6.07) is 12.1. The van der Waals surface area contributed by atoms with E-state index in [1.165, 1.54) is 0 Å². The van der Waals surface area contributed by atoms with Crippen LogP contribution < -0.4 is 5.56 Å². The van der Waals surface area contributed by atoms with Crippen LogP contribution in [0, 0.1) is 5.92 Å². The van der Waals surface area contributed by atoms with Crippen LogP contribution in [0.4, 0.5) is 0 Å². The van der Waals surface area contributed by atoms with E-state index in [9.17, 15) is 13.2 Å². The molecule has 0 unspecified atom stereocenters. The van der Waals surface area contributed by atoms with Gasteiger partial charge in [-0.15, -0.1) is 0 Å². The maximum Gasteiger partial charge on any atom is 0.258 e. The van der Waals surface area contributed by atoms with Gasteiger partial charge in [-0.25, -0.2) is 12.7 Å². The zero-order valence-corrected chi connectivity index (χ0v) is 18.9. The summed E-state index contributed by atoms with van der Waals surface area (Å²) in [7, 11) is 0.833. The number of nitrogens with zero attached hydrogens (tertiary/aromatic N) is 3. The second-order valence-corrected chi connectivity index (χ2v) is 11.0. The molecule has 162 valence electrons. The molecule has 2 bridgehead atoms. The highest BCUT2D eigenvalue weighted by Gasteiger charge is 2.38. The number of aromatic nitrogens is 1. The number of hydrogen-bond acceptors (Lipinski definition) is 4. The van der Waals surface area contributed by atoms with Crippen molar-refractivity contribution >= 4 is 10.0 Å². The topological polar surface area (TPSA) is 62.6 Å². The van der Waals surface area contributed by atoms with Crippen LogP contribution in [0.3, 0.4) is 0 Å². The van der Waals surface area contributed by atoms with Gasteiger partial charge in [-0.2, -0.15) is 0 Å². The first-order valence-corrected chi connectivity index (χ1v) is 12.4. The highest BCUT2D eigenvalue weighted by Crippen LogP contribution is 2.37. The van der Waals surface area contributed by atoms with Crippen LogP contribution in [0.5, 0.6) is 0 Å². The van der Waals surface area contributed by atoms with E-state index in [-0.39, 0.29) is 23.1 Å². The molecule has 0 spiro atoms. The molecule has 4 rings (SSSR count). The second-order valence-electron chi connectivity index (χ2n) is 8.91. The molecule has 0 amide bonds. The van der Waals surface area contributed by atoms with E-state index >= 15 is 0 Å². The molecule has 0 radical (unpaired) electrons. The van der Waals surface area contributed by atoms with Crippen molar-refractivity contribution in [2.45, 2.75) is 38.8 Å². The van der Waals surface area contributed by atoms with E-state index < -0.39 is 10.0 Å². The molecule has 0 N–H and O–H groups in total. The van der Waals surface area contributed by atoms with Crippen LogP contribution in [-0.4, -0.2) is 55.1 Å². The number of sulfonamides is 1. The van der Waals surface area contributed by atoms with E-state index in [0.717, 1.165) is 35.3 Å². The molecule has 2 aliphatic rings. The standard InChI is InChI=1S/C23H31N3O3S/c1-4-11-30(28,29)25-13-17-12-19(16-25)22-10-9-21(23(27)26(22)14-17)20-8-6-5-7-18(20)15-24(2)3/h5-10,17,19H,4,11-16H2,1-3H3/t17-,19-/m1/s1. The first-order chi connectivity index (χ1) is 14.3. The lowest BCUT2D eigenvalue weighted by molar-refractivity contribution is 0.186. The van der Waals surface area contributed by atoms with Gasteiger partial charge >= 0.3 is 0 Å². The molecule has 0 saturated carbocycles. The third kappa shape index (κ3) is 3.98. The monoisotopic (exact) mass is 429 g/mol. The zero-order chi connectivity index (χ0) is 21.5. The number of pyridine rings is 1. The normalized spacial score (nSPS) is 21.6. The highest BCUT2D eigenvalue weighted by atomic mass is 32.2. The quantitative estimate of drug-likeness (QED) is 0.708. The fraction of sp³-hybridized carbons (Fsp3) is 0.522. The average molecular weight is 430 g/mol. The predicted octanol–water partition coefficient (Wildman–Crippen LogP) is 2.74. The van der Waals surface area contributed by atoms with Crippen molar-refractivity contribution in [3.8, 4) is 11.1 Å². The molecule has 1 saturated heterocycles. The van der Waals surface area contributed by atoms with Crippen molar-refractivity contribution in [3.05, 3.63) is 58.0 Å². The van der Waals surface area contributed by atoms with Gasteiger partial charge < -0.3 is 9.47 Å². The van der Waals surface area contributed by atoms with E-state index in [1.54, 1.807) is 4.31 Å². The summed E-state index contributed by atoms with van der Waals surface area (Å²) in [6.45, 7) is 4.26. The Morgan fingerprint density at radius 3 is 2.53 bits per heavy atom. The Morgan fingerprint density at radius 1 is 1.03 bits per heavy atom. The van der Waals surface area contributed by atoms with Crippen molar-refractivity contribution in [1.29, 1.82) is 0 Å². The third-order valence-electron chi connectivity index (χ3n) is 6.22. The highest BCUT2D eigenvalue weighted by molar-refractivity contribution is 7.89. The molecule has 7 heteroatoms. The first kappa shape index (κ1) is 21.3. The Hall–Kier alpha value is -1.96.